The summed E-state index contributed by atoms with van der Waals surface area (Å²) in [5, 5.41) is 2.24. The first-order valence-electron chi connectivity index (χ1n) is 12.9. The Labute approximate surface area is 188 Å². The number of carbonyl (C=O) groups excluding carboxylic acids is 3. The minimum atomic E-state index is -0.522. The second-order valence-corrected chi connectivity index (χ2v) is 12.1. The minimum absolute atomic E-state index is 0.0149. The highest BCUT2D eigenvalue weighted by Crippen LogP contribution is 2.62. The summed E-state index contributed by atoms with van der Waals surface area (Å²) in [5.41, 5.74) is -0.340. The Kier molecular flexibility index (Phi) is 4.29. The van der Waals surface area contributed by atoms with E-state index in [1.807, 2.05) is 0 Å². The molecule has 6 atom stereocenters. The zero-order valence-corrected chi connectivity index (χ0v) is 18.6. The van der Waals surface area contributed by atoms with Gasteiger partial charge in [-0.15, -0.1) is 0 Å². The highest BCUT2D eigenvalue weighted by Gasteiger charge is 2.71. The zero-order chi connectivity index (χ0) is 21.6. The summed E-state index contributed by atoms with van der Waals surface area (Å²) >= 11 is 0. The van der Waals surface area contributed by atoms with Crippen molar-refractivity contribution >= 4 is 17.9 Å². The molecule has 7 heteroatoms. The largest absolute Gasteiger partial charge is 0.462 e. The van der Waals surface area contributed by atoms with Gasteiger partial charge in [-0.25, -0.2) is 0 Å². The first-order valence-corrected chi connectivity index (χ1v) is 12.9. The van der Waals surface area contributed by atoms with E-state index < -0.39 is 17.9 Å². The third kappa shape index (κ3) is 2.78. The number of fused-ring (bicyclic) bond motifs is 1. The molecule has 8 rings (SSSR count). The highest BCUT2D eigenvalue weighted by atomic mass is 16.6. The van der Waals surface area contributed by atoms with E-state index in [0.717, 1.165) is 51.6 Å². The van der Waals surface area contributed by atoms with E-state index in [0.29, 0.717) is 17.8 Å². The number of hydrogen-bond donors (Lipinski definition) is 1. The van der Waals surface area contributed by atoms with Crippen LogP contribution in [0.1, 0.15) is 57.8 Å². The fraction of sp³-hybridized carbons (Fsp3) is 0.880. The molecule has 0 aromatic heterocycles. The monoisotopic (exact) mass is 444 g/mol. The van der Waals surface area contributed by atoms with Crippen LogP contribution >= 0.6 is 0 Å². The van der Waals surface area contributed by atoms with Crippen molar-refractivity contribution in [1.82, 2.24) is 0 Å². The maximum absolute atomic E-state index is 13.6. The van der Waals surface area contributed by atoms with E-state index in [4.69, 9.17) is 14.2 Å². The fourth-order valence-electron chi connectivity index (χ4n) is 9.33. The predicted molar refractivity (Wildman–Crippen MR) is 110 cm³/mol. The van der Waals surface area contributed by atoms with Gasteiger partial charge in [0, 0.05) is 24.7 Å². The molecule has 8 fully saturated rings. The van der Waals surface area contributed by atoms with Gasteiger partial charge in [-0.05, 0) is 62.7 Å². The number of esters is 3. The van der Waals surface area contributed by atoms with Crippen molar-refractivity contribution in [3.8, 4) is 0 Å². The first kappa shape index (κ1) is 19.8. The molecule has 174 valence electrons. The van der Waals surface area contributed by atoms with Crippen LogP contribution in [0.5, 0.6) is 0 Å². The van der Waals surface area contributed by atoms with Crippen LogP contribution in [-0.4, -0.2) is 49.3 Å². The Balaban J connectivity index is 1.10. The summed E-state index contributed by atoms with van der Waals surface area (Å²) < 4.78 is 17.8. The molecule has 0 aromatic carbocycles. The summed E-state index contributed by atoms with van der Waals surface area (Å²) in [5.74, 6) is 0.240. The van der Waals surface area contributed by atoms with E-state index >= 15 is 0 Å². The van der Waals surface area contributed by atoms with Gasteiger partial charge in [-0.1, -0.05) is 0 Å². The van der Waals surface area contributed by atoms with Gasteiger partial charge in [0.1, 0.15) is 18.3 Å². The summed E-state index contributed by atoms with van der Waals surface area (Å²) in [6, 6.07) is 0. The van der Waals surface area contributed by atoms with Gasteiger partial charge < -0.3 is 19.5 Å². The summed E-state index contributed by atoms with van der Waals surface area (Å²) in [7, 11) is 0. The average molecular weight is 445 g/mol. The molecule has 6 bridgehead atoms. The molecule has 6 aliphatic carbocycles. The van der Waals surface area contributed by atoms with Crippen LogP contribution in [-0.2, 0) is 28.6 Å². The molecule has 2 aliphatic heterocycles. The van der Waals surface area contributed by atoms with Crippen LogP contribution in [0.4, 0.5) is 0 Å². The normalized spacial score (nSPS) is 50.5. The lowest BCUT2D eigenvalue weighted by atomic mass is 9.49. The van der Waals surface area contributed by atoms with Gasteiger partial charge in [-0.2, -0.15) is 0 Å². The van der Waals surface area contributed by atoms with E-state index in [2.05, 4.69) is 5.32 Å². The lowest BCUT2D eigenvalue weighted by molar-refractivity contribution is -0.664. The van der Waals surface area contributed by atoms with E-state index in [1.54, 1.807) is 0 Å². The molecule has 0 spiro atoms. The molecular formula is C25H34NO6+. The maximum atomic E-state index is 13.6. The quantitative estimate of drug-likeness (QED) is 0.517. The van der Waals surface area contributed by atoms with E-state index in [9.17, 15) is 14.4 Å². The lowest BCUT2D eigenvalue weighted by Gasteiger charge is -2.55. The molecule has 2 heterocycles. The zero-order valence-electron chi connectivity index (χ0n) is 18.6. The standard InChI is InChI=1S/C25H33NO6/c27-22(30-15-1-3-26-4-2-15)18-17-8-16-19(18)23(28)31-20(16)21(17)32-24(29)25-9-12-5-13(10-25)7-14(6-12)11-25/h12-21,26H,1-11H2/p+1. The third-order valence-electron chi connectivity index (χ3n) is 10.2. The summed E-state index contributed by atoms with van der Waals surface area (Å²) in [6.45, 7) is 1.93. The molecule has 32 heavy (non-hydrogen) atoms. The first-order chi connectivity index (χ1) is 15.5. The van der Waals surface area contributed by atoms with Crippen LogP contribution < -0.4 is 5.32 Å². The lowest BCUT2D eigenvalue weighted by Crippen LogP contribution is -2.86. The Morgan fingerprint density at radius 1 is 0.906 bits per heavy atom. The van der Waals surface area contributed by atoms with Crippen molar-refractivity contribution in [3.63, 3.8) is 0 Å². The van der Waals surface area contributed by atoms with Crippen LogP contribution in [0.25, 0.3) is 0 Å². The number of hydrogen-bond acceptors (Lipinski definition) is 6. The number of rotatable bonds is 4. The SMILES string of the molecule is O=C1OC2C3CC(C2OC(=O)C24CC5CC(CC(C5)C2)C4)C(C(=O)OC2CC[NH2+]CC2)C13. The maximum Gasteiger partial charge on any atom is 0.312 e. The Hall–Kier alpha value is -1.63. The molecule has 0 aromatic rings. The summed E-state index contributed by atoms with van der Waals surface area (Å²) in [6.07, 6.45) is 8.20. The van der Waals surface area contributed by atoms with Gasteiger partial charge in [0.15, 0.2) is 0 Å². The molecule has 6 saturated carbocycles. The van der Waals surface area contributed by atoms with Gasteiger partial charge in [0.05, 0.1) is 30.3 Å². The van der Waals surface area contributed by atoms with Gasteiger partial charge in [0.25, 0.3) is 0 Å². The van der Waals surface area contributed by atoms with E-state index in [-0.39, 0.29) is 47.4 Å². The predicted octanol–water partition coefficient (Wildman–Crippen LogP) is 1.19. The van der Waals surface area contributed by atoms with E-state index in [1.165, 1.54) is 19.3 Å². The topological polar surface area (TPSA) is 95.5 Å². The fourth-order valence-corrected chi connectivity index (χ4v) is 9.33. The smallest absolute Gasteiger partial charge is 0.312 e. The molecular weight excluding hydrogens is 410 g/mol. The van der Waals surface area contributed by atoms with Crippen molar-refractivity contribution < 1.29 is 33.9 Å². The average Bonchev–Trinajstić information content (AvgIpc) is 3.37. The molecule has 0 radical (unpaired) electrons. The van der Waals surface area contributed by atoms with Crippen LogP contribution in [0, 0.1) is 46.8 Å². The van der Waals surface area contributed by atoms with Crippen LogP contribution in [0.3, 0.4) is 0 Å². The molecule has 7 nitrogen and oxygen atoms in total. The number of carbonyl (C=O) groups is 3. The van der Waals surface area contributed by atoms with Gasteiger partial charge in [0.2, 0.25) is 0 Å². The van der Waals surface area contributed by atoms with Crippen molar-refractivity contribution in [1.29, 1.82) is 0 Å². The van der Waals surface area contributed by atoms with Crippen molar-refractivity contribution in [2.75, 3.05) is 13.1 Å². The van der Waals surface area contributed by atoms with Crippen molar-refractivity contribution in [2.45, 2.75) is 76.1 Å². The number of piperidine rings is 1. The highest BCUT2D eigenvalue weighted by molar-refractivity contribution is 5.86. The molecule has 8 aliphatic rings. The number of quaternary nitrogens is 1. The molecule has 0 amide bonds. The van der Waals surface area contributed by atoms with Crippen molar-refractivity contribution in [2.24, 2.45) is 46.8 Å². The second kappa shape index (κ2) is 6.94. The van der Waals surface area contributed by atoms with Gasteiger partial charge in [-0.3, -0.25) is 14.4 Å². The second-order valence-electron chi connectivity index (χ2n) is 12.1. The molecule has 6 unspecified atom stereocenters. The Bertz CT molecular complexity index is 814. The summed E-state index contributed by atoms with van der Waals surface area (Å²) in [4.78, 5) is 39.5. The third-order valence-corrected chi connectivity index (χ3v) is 10.2. The number of ether oxygens (including phenoxy) is 3. The van der Waals surface area contributed by atoms with Gasteiger partial charge >= 0.3 is 17.9 Å². The van der Waals surface area contributed by atoms with Crippen molar-refractivity contribution in [3.05, 3.63) is 0 Å². The minimum Gasteiger partial charge on any atom is -0.462 e. The van der Waals surface area contributed by atoms with Crippen LogP contribution in [0.15, 0.2) is 0 Å². The number of nitrogens with two attached hydrogens (primary N) is 1. The Morgan fingerprint density at radius 3 is 2.22 bits per heavy atom. The molecule has 2 saturated heterocycles. The molecule has 2 N–H and O–H groups in total. The Morgan fingerprint density at radius 2 is 1.56 bits per heavy atom. The van der Waals surface area contributed by atoms with Crippen LogP contribution in [0.2, 0.25) is 0 Å².